The molecule has 2 heterocycles. The van der Waals surface area contributed by atoms with E-state index in [4.69, 9.17) is 5.73 Å². The van der Waals surface area contributed by atoms with Crippen LogP contribution in [0.4, 0.5) is 10.3 Å². The van der Waals surface area contributed by atoms with Gasteiger partial charge in [0, 0.05) is 32.2 Å². The Morgan fingerprint density at radius 1 is 0.929 bits per heavy atom. The zero-order chi connectivity index (χ0) is 19.2. The number of anilines is 2. The summed E-state index contributed by atoms with van der Waals surface area (Å²) in [6, 6.07) is 22.2. The SMILES string of the molecule is Nc1nnc(N2CCC(N(CCc3ccccc3)Cc3ccccc3)CC2)s1. The van der Waals surface area contributed by atoms with Crippen molar-refractivity contribution in [2.75, 3.05) is 30.3 Å². The minimum Gasteiger partial charge on any atom is -0.374 e. The van der Waals surface area contributed by atoms with Crippen molar-refractivity contribution in [3.8, 4) is 0 Å². The Kier molecular flexibility index (Phi) is 6.19. The van der Waals surface area contributed by atoms with E-state index in [0.29, 0.717) is 11.2 Å². The maximum atomic E-state index is 5.75. The highest BCUT2D eigenvalue weighted by Crippen LogP contribution is 2.27. The molecule has 146 valence electrons. The van der Waals surface area contributed by atoms with Crippen molar-refractivity contribution < 1.29 is 0 Å². The summed E-state index contributed by atoms with van der Waals surface area (Å²) in [6.45, 7) is 4.10. The van der Waals surface area contributed by atoms with Crippen molar-refractivity contribution >= 4 is 21.6 Å². The monoisotopic (exact) mass is 393 g/mol. The number of aromatic nitrogens is 2. The van der Waals surface area contributed by atoms with Crippen LogP contribution in [0.15, 0.2) is 60.7 Å². The second-order valence-electron chi connectivity index (χ2n) is 7.33. The first kappa shape index (κ1) is 18.9. The molecule has 1 saturated heterocycles. The summed E-state index contributed by atoms with van der Waals surface area (Å²) in [5.41, 5.74) is 8.54. The first-order valence-electron chi connectivity index (χ1n) is 9.94. The largest absolute Gasteiger partial charge is 0.374 e. The third-order valence-electron chi connectivity index (χ3n) is 5.44. The maximum absolute atomic E-state index is 5.75. The lowest BCUT2D eigenvalue weighted by atomic mass is 10.0. The highest BCUT2D eigenvalue weighted by Gasteiger charge is 2.26. The van der Waals surface area contributed by atoms with E-state index in [2.05, 4.69) is 80.7 Å². The molecular formula is C22H27N5S. The number of hydrogen-bond acceptors (Lipinski definition) is 6. The van der Waals surface area contributed by atoms with Crippen LogP contribution in [0.25, 0.3) is 0 Å². The normalized spacial score (nSPS) is 15.2. The third-order valence-corrected chi connectivity index (χ3v) is 6.25. The maximum Gasteiger partial charge on any atom is 0.209 e. The summed E-state index contributed by atoms with van der Waals surface area (Å²) in [5.74, 6) is 0. The molecule has 2 aromatic carbocycles. The molecule has 3 aromatic rings. The Morgan fingerprint density at radius 3 is 2.18 bits per heavy atom. The molecule has 0 bridgehead atoms. The van der Waals surface area contributed by atoms with Crippen LogP contribution in [0.5, 0.6) is 0 Å². The summed E-state index contributed by atoms with van der Waals surface area (Å²) in [4.78, 5) is 4.98. The molecule has 4 rings (SSSR count). The van der Waals surface area contributed by atoms with Gasteiger partial charge in [-0.3, -0.25) is 4.90 Å². The topological polar surface area (TPSA) is 58.3 Å². The molecule has 0 aliphatic carbocycles. The molecule has 5 nitrogen and oxygen atoms in total. The van der Waals surface area contributed by atoms with E-state index in [1.807, 2.05) is 0 Å². The standard InChI is InChI=1S/C22H27N5S/c23-21-24-25-22(28-21)26-15-12-20(13-16-26)27(17-19-9-5-2-6-10-19)14-11-18-7-3-1-4-8-18/h1-10,20H,11-17H2,(H2,23,24). The van der Waals surface area contributed by atoms with Crippen molar-refractivity contribution in [3.05, 3.63) is 71.8 Å². The molecule has 0 saturated carbocycles. The number of rotatable bonds is 7. The number of hydrogen-bond donors (Lipinski definition) is 1. The van der Waals surface area contributed by atoms with E-state index in [9.17, 15) is 0 Å². The first-order chi connectivity index (χ1) is 13.8. The predicted octanol–water partition coefficient (Wildman–Crippen LogP) is 3.83. The molecular weight excluding hydrogens is 366 g/mol. The molecule has 1 aromatic heterocycles. The lowest BCUT2D eigenvalue weighted by Gasteiger charge is -2.38. The fraction of sp³-hybridized carbons (Fsp3) is 0.364. The highest BCUT2D eigenvalue weighted by molar-refractivity contribution is 7.18. The van der Waals surface area contributed by atoms with Crippen LogP contribution in [0.2, 0.25) is 0 Å². The molecule has 1 aliphatic rings. The second-order valence-corrected chi connectivity index (χ2v) is 8.32. The van der Waals surface area contributed by atoms with Gasteiger partial charge in [0.2, 0.25) is 10.3 Å². The van der Waals surface area contributed by atoms with E-state index in [1.54, 1.807) is 0 Å². The average Bonchev–Trinajstić information content (AvgIpc) is 3.19. The molecule has 0 atom stereocenters. The molecule has 0 unspecified atom stereocenters. The third kappa shape index (κ3) is 4.88. The van der Waals surface area contributed by atoms with Gasteiger partial charge < -0.3 is 10.6 Å². The Morgan fingerprint density at radius 2 is 1.57 bits per heavy atom. The van der Waals surface area contributed by atoms with Crippen LogP contribution in [-0.4, -0.2) is 40.8 Å². The molecule has 0 spiro atoms. The summed E-state index contributed by atoms with van der Waals surface area (Å²) in [7, 11) is 0. The Balaban J connectivity index is 1.41. The molecule has 2 N–H and O–H groups in total. The van der Waals surface area contributed by atoms with E-state index in [0.717, 1.165) is 50.6 Å². The summed E-state index contributed by atoms with van der Waals surface area (Å²) < 4.78 is 0. The number of nitrogen functional groups attached to an aromatic ring is 1. The molecule has 1 fully saturated rings. The quantitative estimate of drug-likeness (QED) is 0.661. The van der Waals surface area contributed by atoms with Gasteiger partial charge in [-0.2, -0.15) is 0 Å². The Bertz CT molecular complexity index is 844. The summed E-state index contributed by atoms with van der Waals surface area (Å²) in [6.07, 6.45) is 3.36. The van der Waals surface area contributed by atoms with Crippen LogP contribution >= 0.6 is 11.3 Å². The van der Waals surface area contributed by atoms with Crippen LogP contribution < -0.4 is 10.6 Å². The smallest absolute Gasteiger partial charge is 0.209 e. The van der Waals surface area contributed by atoms with Gasteiger partial charge in [-0.15, -0.1) is 10.2 Å². The number of piperidine rings is 1. The van der Waals surface area contributed by atoms with Gasteiger partial charge >= 0.3 is 0 Å². The molecule has 6 heteroatoms. The zero-order valence-corrected chi connectivity index (χ0v) is 16.9. The molecule has 0 radical (unpaired) electrons. The van der Waals surface area contributed by atoms with E-state index in [1.165, 1.54) is 22.5 Å². The lowest BCUT2D eigenvalue weighted by Crippen LogP contribution is -2.45. The Hall–Kier alpha value is -2.44. The highest BCUT2D eigenvalue weighted by atomic mass is 32.1. The van der Waals surface area contributed by atoms with Crippen molar-refractivity contribution in [2.45, 2.75) is 31.8 Å². The van der Waals surface area contributed by atoms with Gasteiger partial charge in [0.05, 0.1) is 0 Å². The number of benzene rings is 2. The second kappa shape index (κ2) is 9.17. The lowest BCUT2D eigenvalue weighted by molar-refractivity contribution is 0.162. The molecule has 0 amide bonds. The number of nitrogens with two attached hydrogens (primary N) is 1. The van der Waals surface area contributed by atoms with Gasteiger partial charge in [-0.05, 0) is 30.4 Å². The van der Waals surface area contributed by atoms with Crippen molar-refractivity contribution in [3.63, 3.8) is 0 Å². The Labute approximate surface area is 170 Å². The first-order valence-corrected chi connectivity index (χ1v) is 10.8. The van der Waals surface area contributed by atoms with E-state index >= 15 is 0 Å². The van der Waals surface area contributed by atoms with Crippen molar-refractivity contribution in [2.24, 2.45) is 0 Å². The minimum absolute atomic E-state index is 0.547. The minimum atomic E-state index is 0.547. The zero-order valence-electron chi connectivity index (χ0n) is 16.1. The van der Waals surface area contributed by atoms with Gasteiger partial charge in [-0.25, -0.2) is 0 Å². The summed E-state index contributed by atoms with van der Waals surface area (Å²) in [5, 5.41) is 9.67. The molecule has 1 aliphatic heterocycles. The van der Waals surface area contributed by atoms with Gasteiger partial charge in [0.15, 0.2) is 0 Å². The van der Waals surface area contributed by atoms with E-state index in [-0.39, 0.29) is 0 Å². The van der Waals surface area contributed by atoms with Gasteiger partial charge in [0.1, 0.15) is 0 Å². The van der Waals surface area contributed by atoms with E-state index < -0.39 is 0 Å². The van der Waals surface area contributed by atoms with Crippen LogP contribution in [-0.2, 0) is 13.0 Å². The predicted molar refractivity (Wildman–Crippen MR) is 117 cm³/mol. The van der Waals surface area contributed by atoms with Gasteiger partial charge in [0.25, 0.3) is 0 Å². The van der Waals surface area contributed by atoms with Crippen molar-refractivity contribution in [1.29, 1.82) is 0 Å². The fourth-order valence-electron chi connectivity index (χ4n) is 3.90. The molecule has 28 heavy (non-hydrogen) atoms. The average molecular weight is 394 g/mol. The number of nitrogens with zero attached hydrogens (tertiary/aromatic N) is 4. The van der Waals surface area contributed by atoms with Gasteiger partial charge in [-0.1, -0.05) is 72.0 Å². The van der Waals surface area contributed by atoms with Crippen LogP contribution in [0, 0.1) is 0 Å². The fourth-order valence-corrected chi connectivity index (χ4v) is 4.56. The summed E-state index contributed by atoms with van der Waals surface area (Å²) >= 11 is 1.48. The van der Waals surface area contributed by atoms with Crippen LogP contribution in [0.3, 0.4) is 0 Å². The van der Waals surface area contributed by atoms with Crippen molar-refractivity contribution in [1.82, 2.24) is 15.1 Å². The van der Waals surface area contributed by atoms with Crippen LogP contribution in [0.1, 0.15) is 24.0 Å².